The second kappa shape index (κ2) is 4.98. The standard InChI is InChI=1S/C15H21N3O2/c1-9-8-12(18-6-4-16-5-7-18)10(2)13-14(9)20-11(3)15(19)17-13/h8,11,16H,4-7H2,1-3H3,(H,17,19). The Morgan fingerprint density at radius 1 is 1.30 bits per heavy atom. The van der Waals surface area contributed by atoms with Crippen LogP contribution in [-0.4, -0.2) is 38.2 Å². The minimum absolute atomic E-state index is 0.0718. The van der Waals surface area contributed by atoms with Crippen LogP contribution in [0.4, 0.5) is 11.4 Å². The first-order valence-electron chi connectivity index (χ1n) is 7.15. The maximum absolute atomic E-state index is 11.8. The van der Waals surface area contributed by atoms with Crippen LogP contribution in [0.5, 0.6) is 5.75 Å². The molecule has 2 aliphatic rings. The number of anilines is 2. The summed E-state index contributed by atoms with van der Waals surface area (Å²) in [5.41, 5.74) is 4.20. The zero-order chi connectivity index (χ0) is 14.3. The largest absolute Gasteiger partial charge is 0.478 e. The van der Waals surface area contributed by atoms with E-state index in [4.69, 9.17) is 4.74 Å². The number of amides is 1. The van der Waals surface area contributed by atoms with Crippen molar-refractivity contribution in [3.8, 4) is 5.75 Å². The number of carbonyl (C=O) groups is 1. The highest BCUT2D eigenvalue weighted by Gasteiger charge is 2.28. The Bertz CT molecular complexity index is 551. The first kappa shape index (κ1) is 13.2. The van der Waals surface area contributed by atoms with Crippen molar-refractivity contribution in [1.29, 1.82) is 0 Å². The monoisotopic (exact) mass is 275 g/mol. The SMILES string of the molecule is Cc1cc(N2CCNCC2)c(C)c2c1OC(C)C(=O)N2. The van der Waals surface area contributed by atoms with Gasteiger partial charge >= 0.3 is 0 Å². The molecule has 5 nitrogen and oxygen atoms in total. The highest BCUT2D eigenvalue weighted by molar-refractivity contribution is 5.99. The zero-order valence-electron chi connectivity index (χ0n) is 12.2. The molecular weight excluding hydrogens is 254 g/mol. The molecule has 0 saturated carbocycles. The van der Waals surface area contributed by atoms with Crippen LogP contribution < -0.4 is 20.3 Å². The molecule has 0 bridgehead atoms. The molecule has 2 N–H and O–H groups in total. The minimum atomic E-state index is -0.425. The lowest BCUT2D eigenvalue weighted by atomic mass is 10.0. The fourth-order valence-electron chi connectivity index (χ4n) is 2.87. The number of hydrogen-bond acceptors (Lipinski definition) is 4. The first-order valence-corrected chi connectivity index (χ1v) is 7.15. The Labute approximate surface area is 119 Å². The maximum atomic E-state index is 11.8. The Morgan fingerprint density at radius 2 is 2.00 bits per heavy atom. The van der Waals surface area contributed by atoms with Crippen molar-refractivity contribution in [2.75, 3.05) is 36.4 Å². The van der Waals surface area contributed by atoms with Crippen LogP contribution in [0, 0.1) is 13.8 Å². The molecule has 108 valence electrons. The van der Waals surface area contributed by atoms with Crippen molar-refractivity contribution < 1.29 is 9.53 Å². The number of carbonyl (C=O) groups excluding carboxylic acids is 1. The van der Waals surface area contributed by atoms with Crippen molar-refractivity contribution in [3.63, 3.8) is 0 Å². The van der Waals surface area contributed by atoms with Crippen LogP contribution in [0.2, 0.25) is 0 Å². The van der Waals surface area contributed by atoms with E-state index in [1.54, 1.807) is 6.92 Å². The van der Waals surface area contributed by atoms with Crippen LogP contribution in [0.3, 0.4) is 0 Å². The summed E-state index contributed by atoms with van der Waals surface area (Å²) in [4.78, 5) is 14.2. The van der Waals surface area contributed by atoms with E-state index >= 15 is 0 Å². The summed E-state index contributed by atoms with van der Waals surface area (Å²) >= 11 is 0. The summed E-state index contributed by atoms with van der Waals surface area (Å²) in [6.07, 6.45) is -0.425. The molecule has 1 saturated heterocycles. The lowest BCUT2D eigenvalue weighted by molar-refractivity contribution is -0.122. The molecule has 1 unspecified atom stereocenters. The fourth-order valence-corrected chi connectivity index (χ4v) is 2.87. The van der Waals surface area contributed by atoms with E-state index < -0.39 is 6.10 Å². The third kappa shape index (κ3) is 2.12. The number of nitrogens with one attached hydrogen (secondary N) is 2. The lowest BCUT2D eigenvalue weighted by Crippen LogP contribution is -2.44. The van der Waals surface area contributed by atoms with Crippen molar-refractivity contribution in [2.45, 2.75) is 26.9 Å². The number of benzene rings is 1. The van der Waals surface area contributed by atoms with Gasteiger partial charge in [0.25, 0.3) is 5.91 Å². The van der Waals surface area contributed by atoms with Crippen LogP contribution in [0.1, 0.15) is 18.1 Å². The van der Waals surface area contributed by atoms with Gasteiger partial charge in [0.15, 0.2) is 6.10 Å². The summed E-state index contributed by atoms with van der Waals surface area (Å²) in [5, 5.41) is 6.35. The molecule has 0 radical (unpaired) electrons. The zero-order valence-corrected chi connectivity index (χ0v) is 12.2. The number of ether oxygens (including phenoxy) is 1. The van der Waals surface area contributed by atoms with Gasteiger partial charge in [0.2, 0.25) is 0 Å². The molecule has 1 fully saturated rings. The third-order valence-corrected chi connectivity index (χ3v) is 4.07. The van der Waals surface area contributed by atoms with Crippen molar-refractivity contribution >= 4 is 17.3 Å². The van der Waals surface area contributed by atoms with Crippen LogP contribution in [-0.2, 0) is 4.79 Å². The topological polar surface area (TPSA) is 53.6 Å². The third-order valence-electron chi connectivity index (χ3n) is 4.07. The second-order valence-electron chi connectivity index (χ2n) is 5.53. The Hall–Kier alpha value is -1.75. The Balaban J connectivity index is 2.04. The van der Waals surface area contributed by atoms with Gasteiger partial charge in [-0.2, -0.15) is 0 Å². The van der Waals surface area contributed by atoms with Gasteiger partial charge in [-0.25, -0.2) is 0 Å². The van der Waals surface area contributed by atoms with Crippen LogP contribution in [0.25, 0.3) is 0 Å². The van der Waals surface area contributed by atoms with Gasteiger partial charge in [-0.3, -0.25) is 4.79 Å². The van der Waals surface area contributed by atoms with E-state index in [9.17, 15) is 4.79 Å². The van der Waals surface area contributed by atoms with Crippen molar-refractivity contribution in [3.05, 3.63) is 17.2 Å². The van der Waals surface area contributed by atoms with E-state index in [-0.39, 0.29) is 5.91 Å². The fraction of sp³-hybridized carbons (Fsp3) is 0.533. The Morgan fingerprint density at radius 3 is 2.70 bits per heavy atom. The molecule has 0 spiro atoms. The first-order chi connectivity index (χ1) is 9.58. The summed E-state index contributed by atoms with van der Waals surface area (Å²) in [5.74, 6) is 0.742. The van der Waals surface area contributed by atoms with E-state index in [2.05, 4.69) is 28.5 Å². The maximum Gasteiger partial charge on any atom is 0.265 e. The summed E-state index contributed by atoms with van der Waals surface area (Å²) in [6, 6.07) is 2.17. The molecule has 3 rings (SSSR count). The molecule has 1 aromatic carbocycles. The molecule has 2 heterocycles. The van der Waals surface area contributed by atoms with Gasteiger partial charge in [0.1, 0.15) is 5.75 Å². The van der Waals surface area contributed by atoms with E-state index in [1.165, 1.54) is 5.69 Å². The molecule has 20 heavy (non-hydrogen) atoms. The van der Waals surface area contributed by atoms with Gasteiger partial charge in [-0.05, 0) is 38.0 Å². The number of aryl methyl sites for hydroxylation is 1. The molecular formula is C15H21N3O2. The van der Waals surface area contributed by atoms with Crippen LogP contribution in [0.15, 0.2) is 6.07 Å². The number of hydrogen-bond donors (Lipinski definition) is 2. The lowest BCUT2D eigenvalue weighted by Gasteiger charge is -2.34. The van der Waals surface area contributed by atoms with Crippen molar-refractivity contribution in [1.82, 2.24) is 5.32 Å². The number of fused-ring (bicyclic) bond motifs is 1. The molecule has 0 aromatic heterocycles. The predicted octanol–water partition coefficient (Wildman–Crippen LogP) is 1.43. The highest BCUT2D eigenvalue weighted by atomic mass is 16.5. The van der Waals surface area contributed by atoms with E-state index in [0.717, 1.165) is 48.7 Å². The number of piperazine rings is 1. The van der Waals surface area contributed by atoms with Gasteiger partial charge in [-0.15, -0.1) is 0 Å². The summed E-state index contributed by atoms with van der Waals surface area (Å²) < 4.78 is 5.76. The second-order valence-corrected chi connectivity index (χ2v) is 5.53. The number of rotatable bonds is 1. The molecule has 1 atom stereocenters. The quantitative estimate of drug-likeness (QED) is 0.814. The molecule has 1 aromatic rings. The van der Waals surface area contributed by atoms with Gasteiger partial charge in [-0.1, -0.05) is 0 Å². The minimum Gasteiger partial charge on any atom is -0.478 e. The molecule has 0 aliphatic carbocycles. The van der Waals surface area contributed by atoms with Crippen LogP contribution >= 0.6 is 0 Å². The van der Waals surface area contributed by atoms with E-state index in [0.29, 0.717) is 0 Å². The molecule has 1 amide bonds. The van der Waals surface area contributed by atoms with E-state index in [1.807, 2.05) is 6.92 Å². The predicted molar refractivity (Wildman–Crippen MR) is 79.7 cm³/mol. The van der Waals surface area contributed by atoms with Gasteiger partial charge < -0.3 is 20.3 Å². The molecule has 2 aliphatic heterocycles. The summed E-state index contributed by atoms with van der Waals surface area (Å²) in [6.45, 7) is 9.83. The Kier molecular flexibility index (Phi) is 3.30. The smallest absolute Gasteiger partial charge is 0.265 e. The normalized spacial score (nSPS) is 22.1. The highest BCUT2D eigenvalue weighted by Crippen LogP contribution is 2.41. The molecule has 5 heteroatoms. The summed E-state index contributed by atoms with van der Waals surface area (Å²) in [7, 11) is 0. The average molecular weight is 275 g/mol. The van der Waals surface area contributed by atoms with Gasteiger partial charge in [0.05, 0.1) is 5.69 Å². The van der Waals surface area contributed by atoms with Crippen molar-refractivity contribution in [2.24, 2.45) is 0 Å². The average Bonchev–Trinajstić information content (AvgIpc) is 2.46. The number of nitrogens with zero attached hydrogens (tertiary/aromatic N) is 1. The van der Waals surface area contributed by atoms with Gasteiger partial charge in [0, 0.05) is 31.9 Å².